The molecule has 178 valence electrons. The number of carbonyl (C=O) groups is 2. The molecule has 35 heavy (non-hydrogen) atoms. The number of nitrogens with one attached hydrogen (secondary N) is 1. The van der Waals surface area contributed by atoms with Gasteiger partial charge in [-0.1, -0.05) is 55.7 Å². The van der Waals surface area contributed by atoms with Crippen LogP contribution in [0.3, 0.4) is 0 Å². The summed E-state index contributed by atoms with van der Waals surface area (Å²) in [6, 6.07) is 20.2. The molecule has 2 aromatic heterocycles. The molecule has 1 aliphatic rings. The highest BCUT2D eigenvalue weighted by atomic mass is 16.4. The number of carboxylic acid groups (broad SMARTS) is 1. The van der Waals surface area contributed by atoms with Crippen LogP contribution in [0.25, 0.3) is 22.6 Å². The molecule has 0 spiro atoms. The SMILES string of the molecule is O=C(O)CC(NC(=O)c1ccc2c(c1)nc(-c1ccccn1)n2C1CCCCC1)c1ccccc1. The summed E-state index contributed by atoms with van der Waals surface area (Å²) in [5, 5.41) is 12.3. The van der Waals surface area contributed by atoms with Gasteiger partial charge in [0.05, 0.1) is 23.5 Å². The summed E-state index contributed by atoms with van der Waals surface area (Å²) in [6.07, 6.45) is 7.41. The number of hydrogen-bond acceptors (Lipinski definition) is 4. The number of rotatable bonds is 7. The Kier molecular flexibility index (Phi) is 6.57. The van der Waals surface area contributed by atoms with Gasteiger partial charge in [-0.05, 0) is 48.7 Å². The zero-order chi connectivity index (χ0) is 24.2. The van der Waals surface area contributed by atoms with Crippen molar-refractivity contribution in [2.75, 3.05) is 0 Å². The molecular formula is C28H28N4O3. The van der Waals surface area contributed by atoms with Crippen LogP contribution >= 0.6 is 0 Å². The van der Waals surface area contributed by atoms with E-state index in [0.29, 0.717) is 11.6 Å². The van der Waals surface area contributed by atoms with Gasteiger partial charge in [0.15, 0.2) is 5.82 Å². The van der Waals surface area contributed by atoms with Crippen LogP contribution in [0.15, 0.2) is 72.9 Å². The second kappa shape index (κ2) is 10.1. The van der Waals surface area contributed by atoms with E-state index in [2.05, 4.69) is 14.9 Å². The zero-order valence-corrected chi connectivity index (χ0v) is 19.4. The number of aliphatic carboxylic acids is 1. The van der Waals surface area contributed by atoms with E-state index in [-0.39, 0.29) is 12.3 Å². The van der Waals surface area contributed by atoms with Gasteiger partial charge in [-0.2, -0.15) is 0 Å². The van der Waals surface area contributed by atoms with Crippen LogP contribution in [0.4, 0.5) is 0 Å². The van der Waals surface area contributed by atoms with Gasteiger partial charge < -0.3 is 15.0 Å². The highest BCUT2D eigenvalue weighted by molar-refractivity contribution is 5.98. The van der Waals surface area contributed by atoms with Gasteiger partial charge in [-0.25, -0.2) is 4.98 Å². The van der Waals surface area contributed by atoms with Crippen molar-refractivity contribution in [3.63, 3.8) is 0 Å². The molecule has 0 bridgehead atoms. The minimum absolute atomic E-state index is 0.196. The molecule has 0 saturated heterocycles. The number of pyridine rings is 1. The summed E-state index contributed by atoms with van der Waals surface area (Å²) in [4.78, 5) is 34.0. The number of aromatic nitrogens is 3. The van der Waals surface area contributed by atoms with Crippen molar-refractivity contribution in [1.82, 2.24) is 19.9 Å². The van der Waals surface area contributed by atoms with E-state index in [9.17, 15) is 14.7 Å². The largest absolute Gasteiger partial charge is 0.481 e. The summed E-state index contributed by atoms with van der Waals surface area (Å²) in [5.41, 5.74) is 3.73. The van der Waals surface area contributed by atoms with E-state index in [1.807, 2.05) is 54.6 Å². The lowest BCUT2D eigenvalue weighted by Gasteiger charge is -2.25. The lowest BCUT2D eigenvalue weighted by atomic mass is 9.95. The first-order valence-electron chi connectivity index (χ1n) is 12.1. The highest BCUT2D eigenvalue weighted by Gasteiger charge is 2.24. The molecule has 2 aromatic carbocycles. The fourth-order valence-electron chi connectivity index (χ4n) is 4.98. The molecule has 4 aromatic rings. The van der Waals surface area contributed by atoms with Crippen LogP contribution < -0.4 is 5.32 Å². The molecule has 2 heterocycles. The van der Waals surface area contributed by atoms with E-state index < -0.39 is 12.0 Å². The predicted molar refractivity (Wildman–Crippen MR) is 134 cm³/mol. The Morgan fingerprint density at radius 3 is 2.49 bits per heavy atom. The van der Waals surface area contributed by atoms with Crippen molar-refractivity contribution in [3.8, 4) is 11.5 Å². The first kappa shape index (κ1) is 22.8. The van der Waals surface area contributed by atoms with Gasteiger partial charge in [0, 0.05) is 17.8 Å². The lowest BCUT2D eigenvalue weighted by Crippen LogP contribution is -2.30. The molecule has 1 aliphatic carbocycles. The summed E-state index contributed by atoms with van der Waals surface area (Å²) >= 11 is 0. The van der Waals surface area contributed by atoms with Gasteiger partial charge >= 0.3 is 5.97 Å². The number of fused-ring (bicyclic) bond motifs is 1. The molecule has 1 saturated carbocycles. The summed E-state index contributed by atoms with van der Waals surface area (Å²) in [6.45, 7) is 0. The number of nitrogens with zero attached hydrogens (tertiary/aromatic N) is 3. The Morgan fingerprint density at radius 1 is 1.00 bits per heavy atom. The third kappa shape index (κ3) is 4.94. The number of amides is 1. The third-order valence-electron chi connectivity index (χ3n) is 6.67. The minimum atomic E-state index is -0.971. The summed E-state index contributed by atoms with van der Waals surface area (Å²) in [5.74, 6) is -0.479. The molecule has 5 rings (SSSR count). The standard InChI is InChI=1S/C28H28N4O3/c33-26(34)18-23(19-9-3-1-4-10-19)31-28(35)20-14-15-25-24(17-20)30-27(22-13-7-8-16-29-22)32(25)21-11-5-2-6-12-21/h1,3-4,7-10,13-17,21,23H,2,5-6,11-12,18H2,(H,31,35)(H,33,34). The molecule has 1 fully saturated rings. The van der Waals surface area contributed by atoms with Crippen LogP contribution in [-0.4, -0.2) is 31.5 Å². The van der Waals surface area contributed by atoms with Gasteiger partial charge in [0.25, 0.3) is 5.91 Å². The summed E-state index contributed by atoms with van der Waals surface area (Å²) in [7, 11) is 0. The van der Waals surface area contributed by atoms with Crippen molar-refractivity contribution < 1.29 is 14.7 Å². The lowest BCUT2D eigenvalue weighted by molar-refractivity contribution is -0.137. The van der Waals surface area contributed by atoms with Crippen molar-refractivity contribution in [2.24, 2.45) is 0 Å². The van der Waals surface area contributed by atoms with E-state index in [1.165, 1.54) is 19.3 Å². The molecule has 1 atom stereocenters. The third-order valence-corrected chi connectivity index (χ3v) is 6.67. The molecule has 0 radical (unpaired) electrons. The smallest absolute Gasteiger partial charge is 0.305 e. The van der Waals surface area contributed by atoms with E-state index in [1.54, 1.807) is 18.3 Å². The normalized spacial score (nSPS) is 15.1. The van der Waals surface area contributed by atoms with Gasteiger partial charge in [-0.3, -0.25) is 14.6 Å². The van der Waals surface area contributed by atoms with Crippen molar-refractivity contribution in [1.29, 1.82) is 0 Å². The predicted octanol–water partition coefficient (Wildman–Crippen LogP) is 5.55. The molecule has 0 aliphatic heterocycles. The average Bonchev–Trinajstić information content (AvgIpc) is 3.28. The quantitative estimate of drug-likeness (QED) is 0.371. The average molecular weight is 469 g/mol. The number of imidazole rings is 1. The van der Waals surface area contributed by atoms with Crippen molar-refractivity contribution in [3.05, 3.63) is 84.1 Å². The first-order chi connectivity index (χ1) is 17.1. The Hall–Kier alpha value is -4.00. The molecule has 1 unspecified atom stereocenters. The Bertz CT molecular complexity index is 1330. The van der Waals surface area contributed by atoms with E-state index >= 15 is 0 Å². The van der Waals surface area contributed by atoms with Crippen LogP contribution in [-0.2, 0) is 4.79 Å². The fraction of sp³-hybridized carbons (Fsp3) is 0.286. The Morgan fingerprint density at radius 2 is 1.77 bits per heavy atom. The van der Waals surface area contributed by atoms with E-state index in [0.717, 1.165) is 41.0 Å². The second-order valence-electron chi connectivity index (χ2n) is 9.05. The molecule has 2 N–H and O–H groups in total. The first-order valence-corrected chi connectivity index (χ1v) is 12.1. The number of carbonyl (C=O) groups excluding carboxylic acids is 1. The maximum Gasteiger partial charge on any atom is 0.305 e. The second-order valence-corrected chi connectivity index (χ2v) is 9.05. The van der Waals surface area contributed by atoms with Gasteiger partial charge in [-0.15, -0.1) is 0 Å². The maximum absolute atomic E-state index is 13.2. The van der Waals surface area contributed by atoms with Crippen molar-refractivity contribution in [2.45, 2.75) is 50.6 Å². The van der Waals surface area contributed by atoms with Crippen LogP contribution in [0.1, 0.15) is 66.5 Å². The van der Waals surface area contributed by atoms with Gasteiger partial charge in [0.1, 0.15) is 5.69 Å². The Labute approximate surface area is 203 Å². The molecule has 1 amide bonds. The Balaban J connectivity index is 1.50. The van der Waals surface area contributed by atoms with Crippen LogP contribution in [0.2, 0.25) is 0 Å². The maximum atomic E-state index is 13.2. The molecule has 7 heteroatoms. The van der Waals surface area contributed by atoms with Crippen molar-refractivity contribution >= 4 is 22.9 Å². The van der Waals surface area contributed by atoms with E-state index in [4.69, 9.17) is 4.98 Å². The minimum Gasteiger partial charge on any atom is -0.481 e. The topological polar surface area (TPSA) is 97.1 Å². The number of hydrogen-bond donors (Lipinski definition) is 2. The monoisotopic (exact) mass is 468 g/mol. The summed E-state index contributed by atoms with van der Waals surface area (Å²) < 4.78 is 2.29. The molecule has 7 nitrogen and oxygen atoms in total. The highest BCUT2D eigenvalue weighted by Crippen LogP contribution is 2.35. The van der Waals surface area contributed by atoms with Crippen LogP contribution in [0.5, 0.6) is 0 Å². The fourth-order valence-corrected chi connectivity index (χ4v) is 4.98. The number of benzene rings is 2. The number of carboxylic acids is 1. The molecular weight excluding hydrogens is 440 g/mol. The van der Waals surface area contributed by atoms with Crippen LogP contribution in [0, 0.1) is 0 Å². The van der Waals surface area contributed by atoms with Gasteiger partial charge in [0.2, 0.25) is 0 Å². The zero-order valence-electron chi connectivity index (χ0n) is 19.4.